The predicted octanol–water partition coefficient (Wildman–Crippen LogP) is 3.03. The van der Waals surface area contributed by atoms with Gasteiger partial charge in [0.25, 0.3) is 0 Å². The van der Waals surface area contributed by atoms with Crippen molar-refractivity contribution in [3.8, 4) is 0 Å². The number of carbonyl (C=O) groups excluding carboxylic acids is 1. The number of hydrogen-bond acceptors (Lipinski definition) is 2. The van der Waals surface area contributed by atoms with Gasteiger partial charge in [0, 0.05) is 3.57 Å². The maximum atomic E-state index is 11.6. The Labute approximate surface area is 97.8 Å². The van der Waals surface area contributed by atoms with Crippen LogP contribution in [0.3, 0.4) is 0 Å². The van der Waals surface area contributed by atoms with E-state index < -0.39 is 0 Å². The molecule has 0 aromatic heterocycles. The molecule has 0 atom stereocenters. The summed E-state index contributed by atoms with van der Waals surface area (Å²) in [6, 6.07) is 5.70. The lowest BCUT2D eigenvalue weighted by atomic mass is 10.1. The largest absolute Gasteiger partial charge is 0.462 e. The summed E-state index contributed by atoms with van der Waals surface area (Å²) in [5.41, 5.74) is 1.77. The van der Waals surface area contributed by atoms with E-state index in [9.17, 15) is 4.79 Å². The third kappa shape index (κ3) is 2.47. The normalized spacial score (nSPS) is 9.93. The highest BCUT2D eigenvalue weighted by Crippen LogP contribution is 2.18. The maximum Gasteiger partial charge on any atom is 0.338 e. The number of ether oxygens (including phenoxy) is 1. The van der Waals surface area contributed by atoms with Gasteiger partial charge >= 0.3 is 5.97 Å². The zero-order valence-corrected chi connectivity index (χ0v) is 10.5. The summed E-state index contributed by atoms with van der Waals surface area (Å²) in [5, 5.41) is 0. The van der Waals surface area contributed by atoms with Crippen molar-refractivity contribution < 1.29 is 9.53 Å². The molecule has 0 aliphatic rings. The highest BCUT2D eigenvalue weighted by Gasteiger charge is 2.12. The molecule has 0 amide bonds. The fourth-order valence-corrected chi connectivity index (χ4v) is 2.20. The van der Waals surface area contributed by atoms with Crippen LogP contribution in [-0.4, -0.2) is 12.6 Å². The first-order valence-electron chi connectivity index (χ1n) is 4.65. The topological polar surface area (TPSA) is 26.3 Å². The molecule has 14 heavy (non-hydrogen) atoms. The molecule has 0 N–H and O–H groups in total. The zero-order chi connectivity index (χ0) is 10.6. The monoisotopic (exact) mass is 304 g/mol. The number of benzene rings is 1. The molecule has 0 radical (unpaired) electrons. The number of rotatable bonds is 3. The van der Waals surface area contributed by atoms with Crippen LogP contribution < -0.4 is 0 Å². The van der Waals surface area contributed by atoms with Crippen molar-refractivity contribution in [2.75, 3.05) is 6.61 Å². The van der Waals surface area contributed by atoms with Crippen LogP contribution in [0.15, 0.2) is 18.2 Å². The molecule has 0 spiro atoms. The van der Waals surface area contributed by atoms with Crippen molar-refractivity contribution >= 4 is 28.6 Å². The SMILES string of the molecule is CCOC(=O)c1cccc(I)c1CC. The van der Waals surface area contributed by atoms with Crippen molar-refractivity contribution in [3.05, 3.63) is 32.9 Å². The van der Waals surface area contributed by atoms with Crippen LogP contribution in [0.1, 0.15) is 29.8 Å². The van der Waals surface area contributed by atoms with E-state index in [4.69, 9.17) is 4.74 Å². The van der Waals surface area contributed by atoms with E-state index in [2.05, 4.69) is 22.6 Å². The maximum absolute atomic E-state index is 11.6. The highest BCUT2D eigenvalue weighted by atomic mass is 127. The summed E-state index contributed by atoms with van der Waals surface area (Å²) in [6.45, 7) is 4.28. The number of hydrogen-bond donors (Lipinski definition) is 0. The van der Waals surface area contributed by atoms with Gasteiger partial charge in [0.1, 0.15) is 0 Å². The lowest BCUT2D eigenvalue weighted by Crippen LogP contribution is -2.08. The van der Waals surface area contributed by atoms with Gasteiger partial charge in [-0.25, -0.2) is 4.79 Å². The Morgan fingerprint density at radius 2 is 2.14 bits per heavy atom. The van der Waals surface area contributed by atoms with E-state index in [1.165, 1.54) is 0 Å². The van der Waals surface area contributed by atoms with Crippen molar-refractivity contribution in [3.63, 3.8) is 0 Å². The van der Waals surface area contributed by atoms with E-state index in [0.29, 0.717) is 12.2 Å². The molecular weight excluding hydrogens is 291 g/mol. The second-order valence-electron chi connectivity index (χ2n) is 2.84. The Hall–Kier alpha value is -0.580. The van der Waals surface area contributed by atoms with Crippen molar-refractivity contribution in [2.45, 2.75) is 20.3 Å². The Balaban J connectivity index is 3.07. The Kier molecular flexibility index (Phi) is 4.38. The molecule has 2 nitrogen and oxygen atoms in total. The van der Waals surface area contributed by atoms with Crippen LogP contribution >= 0.6 is 22.6 Å². The predicted molar refractivity (Wildman–Crippen MR) is 64.5 cm³/mol. The molecular formula is C11H13IO2. The van der Waals surface area contributed by atoms with Crippen LogP contribution in [0.4, 0.5) is 0 Å². The molecule has 0 aliphatic heterocycles. The summed E-state index contributed by atoms with van der Waals surface area (Å²) >= 11 is 2.24. The van der Waals surface area contributed by atoms with Crippen LogP contribution in [0.5, 0.6) is 0 Å². The van der Waals surface area contributed by atoms with Crippen molar-refractivity contribution in [2.24, 2.45) is 0 Å². The van der Waals surface area contributed by atoms with Crippen LogP contribution in [-0.2, 0) is 11.2 Å². The second kappa shape index (κ2) is 5.34. The fourth-order valence-electron chi connectivity index (χ4n) is 1.32. The summed E-state index contributed by atoms with van der Waals surface area (Å²) in [7, 11) is 0. The molecule has 0 saturated heterocycles. The van der Waals surface area contributed by atoms with Gasteiger partial charge in [0.15, 0.2) is 0 Å². The summed E-state index contributed by atoms with van der Waals surface area (Å²) < 4.78 is 6.10. The molecule has 0 unspecified atom stereocenters. The van der Waals surface area contributed by atoms with Gasteiger partial charge in [0.2, 0.25) is 0 Å². The minimum Gasteiger partial charge on any atom is -0.462 e. The molecule has 3 heteroatoms. The first kappa shape index (κ1) is 11.5. The number of esters is 1. The van der Waals surface area contributed by atoms with Crippen LogP contribution in [0.2, 0.25) is 0 Å². The molecule has 1 rings (SSSR count). The lowest BCUT2D eigenvalue weighted by molar-refractivity contribution is 0.0525. The van der Waals surface area contributed by atoms with Gasteiger partial charge in [-0.3, -0.25) is 0 Å². The smallest absolute Gasteiger partial charge is 0.338 e. The molecule has 0 saturated carbocycles. The second-order valence-corrected chi connectivity index (χ2v) is 4.00. The average molecular weight is 304 g/mol. The molecule has 1 aromatic carbocycles. The first-order chi connectivity index (χ1) is 6.70. The minimum absolute atomic E-state index is 0.220. The van der Waals surface area contributed by atoms with E-state index in [1.807, 2.05) is 32.0 Å². The quantitative estimate of drug-likeness (QED) is 0.634. The number of carbonyl (C=O) groups is 1. The van der Waals surface area contributed by atoms with Crippen LogP contribution in [0, 0.1) is 3.57 Å². The van der Waals surface area contributed by atoms with Gasteiger partial charge in [-0.2, -0.15) is 0 Å². The van der Waals surface area contributed by atoms with E-state index >= 15 is 0 Å². The Morgan fingerprint density at radius 3 is 2.71 bits per heavy atom. The average Bonchev–Trinajstić information content (AvgIpc) is 2.17. The van der Waals surface area contributed by atoms with E-state index in [1.54, 1.807) is 0 Å². The third-order valence-electron chi connectivity index (χ3n) is 1.97. The minimum atomic E-state index is -0.220. The van der Waals surface area contributed by atoms with Crippen molar-refractivity contribution in [1.29, 1.82) is 0 Å². The number of halogens is 1. The molecule has 0 aliphatic carbocycles. The fraction of sp³-hybridized carbons (Fsp3) is 0.364. The first-order valence-corrected chi connectivity index (χ1v) is 5.73. The zero-order valence-electron chi connectivity index (χ0n) is 8.34. The van der Waals surface area contributed by atoms with Crippen LogP contribution in [0.25, 0.3) is 0 Å². The van der Waals surface area contributed by atoms with Gasteiger partial charge in [0.05, 0.1) is 12.2 Å². The summed E-state index contributed by atoms with van der Waals surface area (Å²) in [6.07, 6.45) is 0.854. The highest BCUT2D eigenvalue weighted by molar-refractivity contribution is 14.1. The van der Waals surface area contributed by atoms with Crippen molar-refractivity contribution in [1.82, 2.24) is 0 Å². The Bertz CT molecular complexity index is 334. The molecule has 1 aromatic rings. The van der Waals surface area contributed by atoms with Gasteiger partial charge in [-0.15, -0.1) is 0 Å². The molecule has 76 valence electrons. The van der Waals surface area contributed by atoms with E-state index in [0.717, 1.165) is 15.6 Å². The van der Waals surface area contributed by atoms with Gasteiger partial charge < -0.3 is 4.74 Å². The molecule has 0 bridgehead atoms. The van der Waals surface area contributed by atoms with Gasteiger partial charge in [-0.1, -0.05) is 13.0 Å². The third-order valence-corrected chi connectivity index (χ3v) is 2.98. The summed E-state index contributed by atoms with van der Waals surface area (Å²) in [4.78, 5) is 11.6. The standard InChI is InChI=1S/C11H13IO2/c1-3-8-9(11(13)14-4-2)6-5-7-10(8)12/h5-7H,3-4H2,1-2H3. The summed E-state index contributed by atoms with van der Waals surface area (Å²) in [5.74, 6) is -0.220. The lowest BCUT2D eigenvalue weighted by Gasteiger charge is -2.08. The Morgan fingerprint density at radius 1 is 1.43 bits per heavy atom. The molecule has 0 heterocycles. The molecule has 0 fully saturated rings. The van der Waals surface area contributed by atoms with Gasteiger partial charge in [-0.05, 0) is 53.6 Å². The van der Waals surface area contributed by atoms with E-state index in [-0.39, 0.29) is 5.97 Å².